The van der Waals surface area contributed by atoms with E-state index >= 15 is 0 Å². The molecule has 0 aromatic rings. The summed E-state index contributed by atoms with van der Waals surface area (Å²) < 4.78 is 0. The van der Waals surface area contributed by atoms with Gasteiger partial charge in [-0.2, -0.15) is 0 Å². The highest BCUT2D eigenvalue weighted by molar-refractivity contribution is 4.96. The molecule has 1 unspecified atom stereocenters. The first-order chi connectivity index (χ1) is 18.8. The maximum absolute atomic E-state index is 2.63. The van der Waals surface area contributed by atoms with Crippen molar-refractivity contribution in [3.05, 3.63) is 12.4 Å². The van der Waals surface area contributed by atoms with E-state index in [0.717, 1.165) is 0 Å². The minimum absolute atomic E-state index is 0.620. The van der Waals surface area contributed by atoms with E-state index in [0.29, 0.717) is 6.17 Å². The Morgan fingerprint density at radius 3 is 0.816 bits per heavy atom. The summed E-state index contributed by atoms with van der Waals surface area (Å²) in [4.78, 5) is 5.25. The molecule has 0 saturated carbocycles. The molecule has 0 fully saturated rings. The molecule has 0 aromatic carbocycles. The fourth-order valence-corrected chi connectivity index (χ4v) is 6.28. The summed E-state index contributed by atoms with van der Waals surface area (Å²) in [5.74, 6) is 0. The third-order valence-corrected chi connectivity index (χ3v) is 8.87. The summed E-state index contributed by atoms with van der Waals surface area (Å²) in [6.45, 7) is 9.48. The average Bonchev–Trinajstić information content (AvgIpc) is 3.33. The Bertz CT molecular complexity index is 488. The highest BCUT2D eigenvalue weighted by Gasteiger charge is 2.23. The van der Waals surface area contributed by atoms with E-state index < -0.39 is 0 Å². The van der Waals surface area contributed by atoms with E-state index in [1.165, 1.54) is 193 Å². The van der Waals surface area contributed by atoms with Crippen LogP contribution in [0.2, 0.25) is 0 Å². The number of hydrogen-bond acceptors (Lipinski definition) is 2. The molecular formula is C36H72N2. The summed E-state index contributed by atoms with van der Waals surface area (Å²) in [5.41, 5.74) is 0. The minimum Gasteiger partial charge on any atom is -0.356 e. The van der Waals surface area contributed by atoms with Crippen LogP contribution in [0.3, 0.4) is 0 Å². The Kier molecular flexibility index (Phi) is 26.0. The lowest BCUT2D eigenvalue weighted by Crippen LogP contribution is -2.38. The topological polar surface area (TPSA) is 6.48 Å². The standard InChI is InChI=1S/C36H72N2/c1-4-7-9-11-13-15-17-18-19-20-21-22-23-25-27-29-31-33-38-35-34-37(36(38)6-3)32-30-28-26-24-16-14-12-10-8-5-2/h34-36H,4-33H2,1-3H3. The van der Waals surface area contributed by atoms with E-state index in [1.54, 1.807) is 0 Å². The molecule has 1 heterocycles. The number of unbranched alkanes of at least 4 members (excludes halogenated alkanes) is 25. The highest BCUT2D eigenvalue weighted by atomic mass is 15.4. The van der Waals surface area contributed by atoms with Crippen molar-refractivity contribution in [2.24, 2.45) is 0 Å². The molecule has 1 atom stereocenters. The second kappa shape index (κ2) is 27.9. The second-order valence-corrected chi connectivity index (χ2v) is 12.5. The molecule has 0 spiro atoms. The molecule has 1 aliphatic rings. The molecule has 0 saturated heterocycles. The Morgan fingerprint density at radius 1 is 0.342 bits per heavy atom. The van der Waals surface area contributed by atoms with Crippen molar-refractivity contribution in [1.29, 1.82) is 0 Å². The fourth-order valence-electron chi connectivity index (χ4n) is 6.28. The molecule has 0 aliphatic carbocycles. The molecule has 226 valence electrons. The highest BCUT2D eigenvalue weighted by Crippen LogP contribution is 2.21. The zero-order valence-electron chi connectivity index (χ0n) is 26.8. The Hall–Kier alpha value is -0.660. The van der Waals surface area contributed by atoms with Crippen molar-refractivity contribution < 1.29 is 0 Å². The van der Waals surface area contributed by atoms with Crippen LogP contribution < -0.4 is 0 Å². The quantitative estimate of drug-likeness (QED) is 0.0848. The third-order valence-electron chi connectivity index (χ3n) is 8.87. The van der Waals surface area contributed by atoms with Gasteiger partial charge in [0.15, 0.2) is 0 Å². The van der Waals surface area contributed by atoms with Crippen LogP contribution in [0.5, 0.6) is 0 Å². The van der Waals surface area contributed by atoms with Crippen LogP contribution in [0.15, 0.2) is 12.4 Å². The van der Waals surface area contributed by atoms with E-state index in [2.05, 4.69) is 43.0 Å². The zero-order chi connectivity index (χ0) is 27.4. The lowest BCUT2D eigenvalue weighted by atomic mass is 10.0. The number of hydrogen-bond donors (Lipinski definition) is 0. The number of nitrogens with zero attached hydrogens (tertiary/aromatic N) is 2. The predicted molar refractivity (Wildman–Crippen MR) is 173 cm³/mol. The molecule has 2 heteroatoms. The maximum atomic E-state index is 2.63. The van der Waals surface area contributed by atoms with Crippen LogP contribution in [0.25, 0.3) is 0 Å². The molecule has 0 N–H and O–H groups in total. The average molecular weight is 533 g/mol. The Morgan fingerprint density at radius 2 is 0.579 bits per heavy atom. The molecule has 0 amide bonds. The van der Waals surface area contributed by atoms with Crippen LogP contribution in [0, 0.1) is 0 Å². The van der Waals surface area contributed by atoms with Crippen LogP contribution in [0.1, 0.15) is 201 Å². The van der Waals surface area contributed by atoms with Gasteiger partial charge in [-0.05, 0) is 19.3 Å². The summed E-state index contributed by atoms with van der Waals surface area (Å²) >= 11 is 0. The SMILES string of the molecule is CCCCCCCCCCCCCCCCCCCN1C=CN(CCCCCCCCCCCC)C1CC. The van der Waals surface area contributed by atoms with Crippen LogP contribution in [0.4, 0.5) is 0 Å². The van der Waals surface area contributed by atoms with Crippen LogP contribution in [-0.4, -0.2) is 29.1 Å². The molecule has 1 rings (SSSR count). The smallest absolute Gasteiger partial charge is 0.100 e. The van der Waals surface area contributed by atoms with Crippen LogP contribution in [-0.2, 0) is 0 Å². The molecular weight excluding hydrogens is 460 g/mol. The minimum atomic E-state index is 0.620. The van der Waals surface area contributed by atoms with Gasteiger partial charge in [-0.25, -0.2) is 0 Å². The van der Waals surface area contributed by atoms with Crippen molar-refractivity contribution in [2.75, 3.05) is 13.1 Å². The lowest BCUT2D eigenvalue weighted by Gasteiger charge is -2.32. The van der Waals surface area contributed by atoms with Gasteiger partial charge in [0.25, 0.3) is 0 Å². The number of rotatable bonds is 30. The van der Waals surface area contributed by atoms with Gasteiger partial charge < -0.3 is 9.80 Å². The normalized spacial score (nSPS) is 15.3. The van der Waals surface area contributed by atoms with Crippen molar-refractivity contribution in [1.82, 2.24) is 9.80 Å². The van der Waals surface area contributed by atoms with Crippen molar-refractivity contribution in [2.45, 2.75) is 207 Å². The van der Waals surface area contributed by atoms with Gasteiger partial charge in [0.05, 0.1) is 0 Å². The molecule has 0 aromatic heterocycles. The van der Waals surface area contributed by atoms with E-state index in [4.69, 9.17) is 0 Å². The summed E-state index contributed by atoms with van der Waals surface area (Å²) in [6, 6.07) is 0. The predicted octanol–water partition coefficient (Wildman–Crippen LogP) is 12.4. The summed E-state index contributed by atoms with van der Waals surface area (Å²) in [6.07, 6.45) is 45.6. The first kappa shape index (κ1) is 35.4. The fraction of sp³-hybridized carbons (Fsp3) is 0.944. The van der Waals surface area contributed by atoms with Crippen molar-refractivity contribution >= 4 is 0 Å². The van der Waals surface area contributed by atoms with Gasteiger partial charge in [-0.15, -0.1) is 0 Å². The van der Waals surface area contributed by atoms with Gasteiger partial charge >= 0.3 is 0 Å². The van der Waals surface area contributed by atoms with Crippen molar-refractivity contribution in [3.8, 4) is 0 Å². The second-order valence-electron chi connectivity index (χ2n) is 12.5. The first-order valence-electron chi connectivity index (χ1n) is 18.0. The van der Waals surface area contributed by atoms with E-state index in [-0.39, 0.29) is 0 Å². The molecule has 2 nitrogen and oxygen atoms in total. The van der Waals surface area contributed by atoms with Gasteiger partial charge in [-0.1, -0.05) is 181 Å². The van der Waals surface area contributed by atoms with E-state index in [9.17, 15) is 0 Å². The van der Waals surface area contributed by atoms with E-state index in [1.807, 2.05) is 0 Å². The van der Waals surface area contributed by atoms with Crippen LogP contribution >= 0.6 is 0 Å². The van der Waals surface area contributed by atoms with Gasteiger partial charge in [-0.3, -0.25) is 0 Å². The largest absolute Gasteiger partial charge is 0.356 e. The zero-order valence-corrected chi connectivity index (χ0v) is 26.8. The Labute approximate surface area is 241 Å². The summed E-state index contributed by atoms with van der Waals surface area (Å²) in [5, 5.41) is 0. The first-order valence-corrected chi connectivity index (χ1v) is 18.0. The van der Waals surface area contributed by atoms with Crippen molar-refractivity contribution in [3.63, 3.8) is 0 Å². The monoisotopic (exact) mass is 533 g/mol. The summed E-state index contributed by atoms with van der Waals surface area (Å²) in [7, 11) is 0. The molecule has 0 radical (unpaired) electrons. The lowest BCUT2D eigenvalue weighted by molar-refractivity contribution is 0.144. The molecule has 38 heavy (non-hydrogen) atoms. The maximum Gasteiger partial charge on any atom is 0.100 e. The third kappa shape index (κ3) is 20.3. The Balaban J connectivity index is 1.87. The van der Waals surface area contributed by atoms with Gasteiger partial charge in [0.1, 0.15) is 6.17 Å². The van der Waals surface area contributed by atoms with Gasteiger partial charge in [0, 0.05) is 25.5 Å². The molecule has 1 aliphatic heterocycles. The van der Waals surface area contributed by atoms with Gasteiger partial charge in [0.2, 0.25) is 0 Å². The molecule has 0 bridgehead atoms.